The zero-order chi connectivity index (χ0) is 47.8. The van der Waals surface area contributed by atoms with Crippen molar-refractivity contribution in [3.63, 3.8) is 0 Å². The van der Waals surface area contributed by atoms with E-state index in [-0.39, 0.29) is 17.4 Å². The Labute approximate surface area is 396 Å². The molecule has 0 radical (unpaired) electrons. The maximum absolute atomic E-state index is 12.2. The highest BCUT2D eigenvalue weighted by Gasteiger charge is 2.05. The van der Waals surface area contributed by atoms with Gasteiger partial charge in [-0.3, -0.25) is 9.59 Å². The van der Waals surface area contributed by atoms with Gasteiger partial charge in [-0.25, -0.2) is 4.79 Å². The highest BCUT2D eigenvalue weighted by molar-refractivity contribution is 5.94. The number of amides is 2. The van der Waals surface area contributed by atoms with Crippen molar-refractivity contribution in [3.05, 3.63) is 70.8 Å². The van der Waals surface area contributed by atoms with E-state index in [0.717, 1.165) is 38.5 Å². The number of aromatic carboxylic acids is 1. The van der Waals surface area contributed by atoms with Crippen molar-refractivity contribution in [3.8, 4) is 59.5 Å². The van der Waals surface area contributed by atoms with Crippen molar-refractivity contribution in [2.45, 2.75) is 142 Å². The summed E-state index contributed by atoms with van der Waals surface area (Å²) < 4.78 is 16.6. The Morgan fingerprint density at radius 1 is 0.500 bits per heavy atom. The lowest BCUT2D eigenvalue weighted by atomic mass is 10.1. The molecule has 0 unspecified atom stereocenters. The number of hydrogen-bond donors (Lipinski definition) is 3. The average molecular weight is 901 g/mol. The Bertz CT molecular complexity index is 1950. The van der Waals surface area contributed by atoms with Crippen LogP contribution in [0.5, 0.6) is 0 Å². The van der Waals surface area contributed by atoms with Crippen LogP contribution in [0.2, 0.25) is 0 Å². The summed E-state index contributed by atoms with van der Waals surface area (Å²) in [5.74, 6) is 21.2. The Morgan fingerprint density at radius 3 is 1.36 bits per heavy atom. The van der Waals surface area contributed by atoms with Gasteiger partial charge in [-0.1, -0.05) is 114 Å². The average Bonchev–Trinajstić information content (AvgIpc) is 3.33. The molecule has 0 aliphatic heterocycles. The van der Waals surface area contributed by atoms with Gasteiger partial charge in [-0.2, -0.15) is 10.5 Å². The summed E-state index contributed by atoms with van der Waals surface area (Å²) in [6.45, 7) is 6.49. The summed E-state index contributed by atoms with van der Waals surface area (Å²) in [7, 11) is 0. The lowest BCUT2D eigenvalue weighted by Gasteiger charge is -2.08. The van der Waals surface area contributed by atoms with Crippen LogP contribution in [-0.4, -0.2) is 75.6 Å². The number of hydrogen-bond acceptors (Lipinski definition) is 8. The smallest absolute Gasteiger partial charge is 0.335 e. The van der Waals surface area contributed by atoms with Crippen molar-refractivity contribution in [2.24, 2.45) is 0 Å². The number of nitriles is 2. The standard InChI is InChI=1S/C45H67N3O5.C10H5NO2/c1-2-3-4-5-6-7-8-9-10-11-12-13-14-15-16-17-18-19-20-21-22-23-28-44(49)47-34-25-36-51-38-40-53-41-39-52-37-26-35-48-45(50)43-31-29-42(30-32-43)27-24-33-46;11-7-1-2-8-3-5-9(6-4-8)10(12)13/h29-32H,2-12,17-23,25-26,28,34-41H2,1H3,(H,47,49)(H,48,50);3-6H,(H,12,13). The van der Waals surface area contributed by atoms with Gasteiger partial charge < -0.3 is 30.0 Å². The fourth-order valence-corrected chi connectivity index (χ4v) is 6.23. The summed E-state index contributed by atoms with van der Waals surface area (Å²) in [6.07, 6.45) is 24.2. The van der Waals surface area contributed by atoms with Gasteiger partial charge in [0, 0.05) is 74.1 Å². The molecule has 2 rings (SSSR count). The second kappa shape index (κ2) is 44.2. The monoisotopic (exact) mass is 901 g/mol. The molecular formula is C55H72N4O7. The number of nitrogens with zero attached hydrogens (tertiary/aromatic N) is 2. The van der Waals surface area contributed by atoms with E-state index >= 15 is 0 Å². The van der Waals surface area contributed by atoms with Crippen LogP contribution in [-0.2, 0) is 19.0 Å². The van der Waals surface area contributed by atoms with Crippen molar-refractivity contribution in [2.75, 3.05) is 52.7 Å². The van der Waals surface area contributed by atoms with Crippen LogP contribution in [0.25, 0.3) is 0 Å². The Morgan fingerprint density at radius 2 is 0.909 bits per heavy atom. The highest BCUT2D eigenvalue weighted by Crippen LogP contribution is 2.12. The largest absolute Gasteiger partial charge is 0.478 e. The molecule has 0 aliphatic rings. The lowest BCUT2D eigenvalue weighted by molar-refractivity contribution is -0.121. The Hall–Kier alpha value is -6.05. The molecule has 2 aromatic carbocycles. The minimum absolute atomic E-state index is 0.120. The quantitative estimate of drug-likeness (QED) is 0.0457. The number of unbranched alkanes of at least 4 members (excludes halogenated alkanes) is 16. The number of rotatable bonds is 34. The summed E-state index contributed by atoms with van der Waals surface area (Å²) in [5.41, 5.74) is 2.08. The molecule has 0 spiro atoms. The number of carboxylic acids is 1. The minimum Gasteiger partial charge on any atom is -0.478 e. The van der Waals surface area contributed by atoms with Crippen LogP contribution in [0.3, 0.4) is 0 Å². The van der Waals surface area contributed by atoms with Crippen molar-refractivity contribution in [1.82, 2.24) is 10.6 Å². The van der Waals surface area contributed by atoms with Crippen LogP contribution in [0.15, 0.2) is 48.5 Å². The first-order chi connectivity index (χ1) is 32.4. The van der Waals surface area contributed by atoms with Gasteiger partial charge >= 0.3 is 5.97 Å². The van der Waals surface area contributed by atoms with E-state index in [1.807, 2.05) is 0 Å². The maximum Gasteiger partial charge on any atom is 0.335 e. The molecule has 66 heavy (non-hydrogen) atoms. The zero-order valence-corrected chi connectivity index (χ0v) is 39.4. The molecule has 11 heteroatoms. The first-order valence-corrected chi connectivity index (χ1v) is 23.9. The molecule has 2 aromatic rings. The lowest BCUT2D eigenvalue weighted by Crippen LogP contribution is -2.25. The normalized spacial score (nSPS) is 9.74. The van der Waals surface area contributed by atoms with E-state index in [9.17, 15) is 14.4 Å². The minimum atomic E-state index is -0.972. The molecule has 0 bridgehead atoms. The predicted octanol–water partition coefficient (Wildman–Crippen LogP) is 9.94. The number of benzene rings is 2. The van der Waals surface area contributed by atoms with Crippen molar-refractivity contribution in [1.29, 1.82) is 10.5 Å². The van der Waals surface area contributed by atoms with Crippen LogP contribution in [0, 0.1) is 70.0 Å². The third kappa shape index (κ3) is 36.3. The summed E-state index contributed by atoms with van der Waals surface area (Å²) in [5, 5.41) is 31.0. The molecule has 0 aliphatic carbocycles. The molecule has 0 heterocycles. The summed E-state index contributed by atoms with van der Waals surface area (Å²) in [6, 6.07) is 16.3. The molecule has 0 saturated heterocycles. The van der Waals surface area contributed by atoms with E-state index in [4.69, 9.17) is 29.8 Å². The fourth-order valence-electron chi connectivity index (χ4n) is 6.23. The van der Waals surface area contributed by atoms with Gasteiger partial charge in [-0.05, 0) is 92.5 Å². The maximum atomic E-state index is 12.2. The molecule has 0 aromatic heterocycles. The van der Waals surface area contributed by atoms with Crippen LogP contribution in [0.1, 0.15) is 174 Å². The molecule has 3 N–H and O–H groups in total. The van der Waals surface area contributed by atoms with Gasteiger partial charge in [0.2, 0.25) is 5.91 Å². The van der Waals surface area contributed by atoms with E-state index in [1.165, 1.54) is 95.6 Å². The molecule has 354 valence electrons. The van der Waals surface area contributed by atoms with Gasteiger partial charge in [0.1, 0.15) is 0 Å². The molecule has 0 atom stereocenters. The van der Waals surface area contributed by atoms with Gasteiger partial charge in [0.25, 0.3) is 5.91 Å². The Kier molecular flexibility index (Phi) is 38.8. The number of carboxylic acid groups (broad SMARTS) is 1. The Balaban J connectivity index is 0.00000143. The first kappa shape index (κ1) is 58.0. The van der Waals surface area contributed by atoms with Crippen LogP contribution >= 0.6 is 0 Å². The molecular weight excluding hydrogens is 829 g/mol. The van der Waals surface area contributed by atoms with Crippen molar-refractivity contribution >= 4 is 17.8 Å². The molecule has 11 nitrogen and oxygen atoms in total. The first-order valence-electron chi connectivity index (χ1n) is 23.9. The SMILES string of the molecule is CCCCCCCCCCCCC#CC#CCCCCCCCCC(=O)NCCCOCCOCCOCCCNC(=O)c1ccc(C#CC#N)cc1.N#CC#Cc1ccc(C(=O)O)cc1. The zero-order valence-electron chi connectivity index (χ0n) is 39.4. The molecule has 0 fully saturated rings. The van der Waals surface area contributed by atoms with E-state index < -0.39 is 5.97 Å². The number of ether oxygens (including phenoxy) is 3. The predicted molar refractivity (Wildman–Crippen MR) is 261 cm³/mol. The van der Waals surface area contributed by atoms with Gasteiger partial charge in [0.05, 0.1) is 32.0 Å². The van der Waals surface area contributed by atoms with Crippen LogP contribution < -0.4 is 10.6 Å². The number of carbonyl (C=O) groups excluding carboxylic acids is 2. The van der Waals surface area contributed by atoms with E-state index in [1.54, 1.807) is 48.5 Å². The van der Waals surface area contributed by atoms with E-state index in [2.05, 4.69) is 64.9 Å². The third-order valence-corrected chi connectivity index (χ3v) is 9.94. The molecule has 2 amide bonds. The van der Waals surface area contributed by atoms with E-state index in [0.29, 0.717) is 82.3 Å². The second-order valence-electron chi connectivity index (χ2n) is 15.5. The number of carbonyl (C=O) groups is 3. The highest BCUT2D eigenvalue weighted by atomic mass is 16.5. The summed E-state index contributed by atoms with van der Waals surface area (Å²) in [4.78, 5) is 34.7. The second-order valence-corrected chi connectivity index (χ2v) is 15.5. The van der Waals surface area contributed by atoms with Crippen LogP contribution in [0.4, 0.5) is 0 Å². The summed E-state index contributed by atoms with van der Waals surface area (Å²) >= 11 is 0. The van der Waals surface area contributed by atoms with Gasteiger partial charge in [0.15, 0.2) is 12.1 Å². The number of nitrogens with one attached hydrogen (secondary N) is 2. The fraction of sp³-hybridized carbons (Fsp3) is 0.545. The van der Waals surface area contributed by atoms with Gasteiger partial charge in [-0.15, -0.1) is 0 Å². The molecule has 0 saturated carbocycles. The topological polar surface area (TPSA) is 171 Å². The van der Waals surface area contributed by atoms with Crippen molar-refractivity contribution < 1.29 is 33.7 Å². The third-order valence-electron chi connectivity index (χ3n) is 9.94.